The van der Waals surface area contributed by atoms with Gasteiger partial charge in [0.05, 0.1) is 17.7 Å². The third kappa shape index (κ3) is 3.57. The average molecular weight is 461 g/mol. The minimum atomic E-state index is -7.26. The lowest BCUT2D eigenvalue weighted by molar-refractivity contribution is -0.390. The molecule has 3 nitrogen and oxygen atoms in total. The topological polar surface area (TPSA) is 37.4 Å². The molecule has 0 fully saturated rings. The number of imide groups is 1. The van der Waals surface area contributed by atoms with Crippen LogP contribution in [-0.4, -0.2) is 53.4 Å². The summed E-state index contributed by atoms with van der Waals surface area (Å²) in [5.41, 5.74) is -7.97. The van der Waals surface area contributed by atoms with Gasteiger partial charge in [-0.3, -0.25) is 14.5 Å². The summed E-state index contributed by atoms with van der Waals surface area (Å²) in [5, 5.41) is 0. The van der Waals surface area contributed by atoms with Crippen LogP contribution in [-0.2, 0) is 0 Å². The Morgan fingerprint density at radius 3 is 1.37 bits per heavy atom. The molecule has 1 aromatic rings. The molecule has 2 rings (SSSR count). The molecule has 0 bridgehead atoms. The molecule has 0 saturated heterocycles. The highest BCUT2D eigenvalue weighted by atomic mass is 19.4. The summed E-state index contributed by atoms with van der Waals surface area (Å²) in [5.74, 6) is -16.8. The first kappa shape index (κ1) is 23.8. The molecule has 0 aliphatic carbocycles. The zero-order chi connectivity index (χ0) is 23.5. The van der Waals surface area contributed by atoms with Crippen molar-refractivity contribution in [2.24, 2.45) is 5.92 Å². The number of alkyl halides is 12. The van der Waals surface area contributed by atoms with Crippen molar-refractivity contribution in [3.63, 3.8) is 0 Å². The van der Waals surface area contributed by atoms with E-state index in [0.717, 1.165) is 24.3 Å². The molecule has 1 aliphatic rings. The number of fused-ring (bicyclic) bond motifs is 1. The van der Waals surface area contributed by atoms with Crippen molar-refractivity contribution in [3.05, 3.63) is 35.4 Å². The van der Waals surface area contributed by atoms with Gasteiger partial charge in [-0.25, -0.2) is 4.39 Å². The number of carbonyl (C=O) groups is 2. The fourth-order valence-corrected chi connectivity index (χ4v) is 2.92. The van der Waals surface area contributed by atoms with E-state index in [1.165, 1.54) is 0 Å². The van der Waals surface area contributed by atoms with Gasteiger partial charge in [0.2, 0.25) is 5.67 Å². The monoisotopic (exact) mass is 461 g/mol. The van der Waals surface area contributed by atoms with Gasteiger partial charge in [0.1, 0.15) is 0 Å². The van der Waals surface area contributed by atoms with Crippen LogP contribution in [0, 0.1) is 5.92 Å². The first-order valence-corrected chi connectivity index (χ1v) is 7.49. The van der Waals surface area contributed by atoms with Crippen LogP contribution in [0.25, 0.3) is 0 Å². The number of rotatable bonds is 4. The van der Waals surface area contributed by atoms with Crippen LogP contribution in [0.15, 0.2) is 24.3 Å². The maximum Gasteiger partial charge on any atom is 0.456 e. The van der Waals surface area contributed by atoms with Crippen LogP contribution < -0.4 is 0 Å². The van der Waals surface area contributed by atoms with Crippen LogP contribution in [0.1, 0.15) is 20.7 Å². The highest BCUT2D eigenvalue weighted by Crippen LogP contribution is 2.57. The van der Waals surface area contributed by atoms with Crippen molar-refractivity contribution in [1.29, 1.82) is 0 Å². The molecule has 0 spiro atoms. The van der Waals surface area contributed by atoms with E-state index in [-0.39, 0.29) is 0 Å². The average Bonchev–Trinajstić information content (AvgIpc) is 2.76. The Balaban J connectivity index is 2.70. The lowest BCUT2D eigenvalue weighted by atomic mass is 9.81. The van der Waals surface area contributed by atoms with Crippen molar-refractivity contribution in [3.8, 4) is 0 Å². The third-order valence-electron chi connectivity index (χ3n) is 4.26. The van der Waals surface area contributed by atoms with E-state index >= 15 is 0 Å². The summed E-state index contributed by atoms with van der Waals surface area (Å²) in [4.78, 5) is 23.2. The Morgan fingerprint density at radius 1 is 0.700 bits per heavy atom. The predicted octanol–water partition coefficient (Wildman–Crippen LogP) is 4.93. The molecule has 1 atom stereocenters. The summed E-state index contributed by atoms with van der Waals surface area (Å²) >= 11 is 0. The number of carbonyl (C=O) groups excluding carboxylic acids is 2. The molecule has 30 heavy (non-hydrogen) atoms. The maximum absolute atomic E-state index is 14.9. The van der Waals surface area contributed by atoms with Crippen molar-refractivity contribution >= 4 is 11.8 Å². The molecule has 2 amide bonds. The molecule has 0 aromatic heterocycles. The highest BCUT2D eigenvalue weighted by Gasteiger charge is 2.82. The smallest absolute Gasteiger partial charge is 0.271 e. The zero-order valence-electron chi connectivity index (χ0n) is 13.9. The molecule has 0 saturated carbocycles. The first-order valence-electron chi connectivity index (χ1n) is 7.49. The van der Waals surface area contributed by atoms with Crippen molar-refractivity contribution in [2.75, 3.05) is 6.54 Å². The molecule has 1 aromatic carbocycles. The number of hydrogen-bond acceptors (Lipinski definition) is 2. The number of hydrogen-bond donors (Lipinski definition) is 0. The lowest BCUT2D eigenvalue weighted by Gasteiger charge is -2.42. The summed E-state index contributed by atoms with van der Waals surface area (Å²) in [6.45, 7) is -3.16. The van der Waals surface area contributed by atoms with Crippen LogP contribution in [0.4, 0.5) is 52.7 Å². The Hall–Kier alpha value is -2.48. The quantitative estimate of drug-likeness (QED) is 0.471. The summed E-state index contributed by atoms with van der Waals surface area (Å²) in [6.07, 6.45) is -21.2. The molecule has 15 heteroatoms. The van der Waals surface area contributed by atoms with Gasteiger partial charge in [0.25, 0.3) is 11.8 Å². The summed E-state index contributed by atoms with van der Waals surface area (Å²) < 4.78 is 158. The second kappa shape index (κ2) is 6.77. The summed E-state index contributed by atoms with van der Waals surface area (Å²) in [7, 11) is 0. The van der Waals surface area contributed by atoms with Crippen LogP contribution >= 0.6 is 0 Å². The molecule has 0 radical (unpaired) electrons. The Labute approximate surface area is 158 Å². The van der Waals surface area contributed by atoms with Crippen molar-refractivity contribution in [1.82, 2.24) is 4.90 Å². The normalized spacial score (nSPS) is 18.1. The molecule has 1 heterocycles. The summed E-state index contributed by atoms with van der Waals surface area (Å²) in [6, 6.07) is 3.69. The van der Waals surface area contributed by atoms with E-state index in [1.807, 2.05) is 0 Å². The van der Waals surface area contributed by atoms with Gasteiger partial charge in [0, 0.05) is 0 Å². The fraction of sp³-hybridized carbons (Fsp3) is 0.467. The first-order chi connectivity index (χ1) is 13.3. The van der Waals surface area contributed by atoms with Crippen LogP contribution in [0.5, 0.6) is 0 Å². The van der Waals surface area contributed by atoms with E-state index in [4.69, 9.17) is 0 Å². The third-order valence-corrected chi connectivity index (χ3v) is 4.26. The molecule has 168 valence electrons. The van der Waals surface area contributed by atoms with Gasteiger partial charge in [-0.05, 0) is 12.1 Å². The van der Waals surface area contributed by atoms with Crippen LogP contribution in [0.3, 0.4) is 0 Å². The lowest BCUT2D eigenvalue weighted by Crippen LogP contribution is -2.68. The SMILES string of the molecule is O=C1c2ccccc2C(=O)N1CC(F)(C(C(F)(F)F)C(F)(F)F)C(F)(F)C(F)(F)F. The minimum absolute atomic E-state index is 0.726. The highest BCUT2D eigenvalue weighted by molar-refractivity contribution is 6.21. The second-order valence-corrected chi connectivity index (χ2v) is 6.19. The maximum atomic E-state index is 14.9. The number of benzene rings is 1. The fourth-order valence-electron chi connectivity index (χ4n) is 2.92. The number of nitrogens with zero attached hydrogens (tertiary/aromatic N) is 1. The minimum Gasteiger partial charge on any atom is -0.271 e. The zero-order valence-corrected chi connectivity index (χ0v) is 13.9. The van der Waals surface area contributed by atoms with Gasteiger partial charge < -0.3 is 0 Å². The second-order valence-electron chi connectivity index (χ2n) is 6.19. The Bertz CT molecular complexity index is 807. The Morgan fingerprint density at radius 2 is 1.07 bits per heavy atom. The van der Waals surface area contributed by atoms with E-state index in [9.17, 15) is 62.3 Å². The van der Waals surface area contributed by atoms with Gasteiger partial charge >= 0.3 is 24.5 Å². The molecular formula is C15H7F12NO2. The van der Waals surface area contributed by atoms with Gasteiger partial charge in [0.15, 0.2) is 5.92 Å². The van der Waals surface area contributed by atoms with E-state index in [0.29, 0.717) is 0 Å². The number of halogens is 12. The van der Waals surface area contributed by atoms with E-state index in [1.54, 1.807) is 0 Å². The van der Waals surface area contributed by atoms with Crippen molar-refractivity contribution in [2.45, 2.75) is 30.1 Å². The van der Waals surface area contributed by atoms with Gasteiger partial charge in [-0.15, -0.1) is 0 Å². The predicted molar refractivity (Wildman–Crippen MR) is 72.2 cm³/mol. The van der Waals surface area contributed by atoms with Crippen LogP contribution in [0.2, 0.25) is 0 Å². The Kier molecular flexibility index (Phi) is 5.37. The van der Waals surface area contributed by atoms with E-state index < -0.39 is 70.4 Å². The molecule has 1 unspecified atom stereocenters. The molecule has 0 N–H and O–H groups in total. The molecular weight excluding hydrogens is 454 g/mol. The standard InChI is InChI=1S/C15H7F12NO2/c16-11(14(23,24)15(25,26)27,10(12(17,18)19)13(20,21)22)5-28-8(29)6-3-1-2-4-7(6)9(28)30/h1-4,10H,5H2. The van der Waals surface area contributed by atoms with Gasteiger partial charge in [-0.1, -0.05) is 12.1 Å². The molecule has 1 aliphatic heterocycles. The van der Waals surface area contributed by atoms with Crippen molar-refractivity contribution < 1.29 is 62.3 Å². The van der Waals surface area contributed by atoms with Gasteiger partial charge in [-0.2, -0.15) is 48.3 Å². The van der Waals surface area contributed by atoms with E-state index in [2.05, 4.69) is 0 Å². The largest absolute Gasteiger partial charge is 0.456 e. The number of amides is 2.